The summed E-state index contributed by atoms with van der Waals surface area (Å²) in [5.41, 5.74) is 2.27. The Bertz CT molecular complexity index is 1290. The van der Waals surface area contributed by atoms with E-state index in [2.05, 4.69) is 32.2 Å². The van der Waals surface area contributed by atoms with Crippen LogP contribution in [-0.2, 0) is 0 Å². The number of rotatable bonds is 8. The van der Waals surface area contributed by atoms with Crippen LogP contribution in [0.1, 0.15) is 43.1 Å². The zero-order valence-electron chi connectivity index (χ0n) is 20.8. The van der Waals surface area contributed by atoms with Crippen LogP contribution in [0.3, 0.4) is 0 Å². The fourth-order valence-corrected chi connectivity index (χ4v) is 5.26. The summed E-state index contributed by atoms with van der Waals surface area (Å²) in [6.45, 7) is 6.23. The first-order valence-corrected chi connectivity index (χ1v) is 12.5. The Labute approximate surface area is 214 Å². The number of imidazole rings is 1. The summed E-state index contributed by atoms with van der Waals surface area (Å²) in [7, 11) is 0. The number of hydrogen-bond acceptors (Lipinski definition) is 7. The minimum Gasteiger partial charge on any atom is -0.465 e. The Morgan fingerprint density at radius 1 is 1.22 bits per heavy atom. The molecular weight excluding hydrogens is 474 g/mol. The summed E-state index contributed by atoms with van der Waals surface area (Å²) in [5, 5.41) is 35.3. The van der Waals surface area contributed by atoms with Crippen molar-refractivity contribution in [3.63, 3.8) is 0 Å². The van der Waals surface area contributed by atoms with E-state index in [1.807, 2.05) is 31.2 Å². The molecule has 10 nitrogen and oxygen atoms in total. The van der Waals surface area contributed by atoms with E-state index in [1.165, 1.54) is 0 Å². The molecule has 2 aromatic heterocycles. The molecule has 1 saturated carbocycles. The lowest BCUT2D eigenvalue weighted by molar-refractivity contribution is 0.132. The third kappa shape index (κ3) is 5.54. The zero-order valence-corrected chi connectivity index (χ0v) is 20.8. The van der Waals surface area contributed by atoms with E-state index in [9.17, 15) is 15.0 Å². The van der Waals surface area contributed by atoms with Crippen molar-refractivity contribution in [2.24, 2.45) is 17.8 Å². The molecule has 2 fully saturated rings. The van der Waals surface area contributed by atoms with Crippen LogP contribution in [0.2, 0.25) is 0 Å². The number of aromatic nitrogens is 3. The van der Waals surface area contributed by atoms with Crippen LogP contribution in [0.5, 0.6) is 0 Å². The highest BCUT2D eigenvalue weighted by Gasteiger charge is 2.54. The number of carboxylic acid groups (broad SMARTS) is 1. The number of nitrogens with one attached hydrogen (secondary N) is 1. The Morgan fingerprint density at radius 3 is 2.59 bits per heavy atom. The molecule has 4 N–H and O–H groups in total. The van der Waals surface area contributed by atoms with E-state index >= 15 is 0 Å². The number of aliphatic hydroxyl groups is 2. The molecule has 1 amide bonds. The van der Waals surface area contributed by atoms with Gasteiger partial charge in [0.15, 0.2) is 5.76 Å². The molecule has 194 valence electrons. The number of benzene rings is 1. The highest BCUT2D eigenvalue weighted by atomic mass is 16.5. The van der Waals surface area contributed by atoms with Gasteiger partial charge in [0.1, 0.15) is 17.6 Å². The van der Waals surface area contributed by atoms with Gasteiger partial charge in [-0.05, 0) is 49.9 Å². The second-order valence-electron chi connectivity index (χ2n) is 9.95. The number of β-amino-alcohol motifs (C(OH)–C–C–N with tert-alkyl or cyclic N) is 1. The highest BCUT2D eigenvalue weighted by molar-refractivity contribution is 5.64. The quantitative estimate of drug-likeness (QED) is 0.343. The number of piperidine rings is 1. The van der Waals surface area contributed by atoms with Crippen LogP contribution in [0.25, 0.3) is 11.3 Å². The molecule has 3 aromatic rings. The largest absolute Gasteiger partial charge is 0.465 e. The summed E-state index contributed by atoms with van der Waals surface area (Å²) in [4.78, 5) is 17.6. The second kappa shape index (κ2) is 10.4. The molecule has 1 aliphatic carbocycles. The average molecular weight is 506 g/mol. The first-order chi connectivity index (χ1) is 17.8. The van der Waals surface area contributed by atoms with Crippen molar-refractivity contribution in [1.29, 1.82) is 0 Å². The maximum Gasteiger partial charge on any atom is 0.404 e. The summed E-state index contributed by atoms with van der Waals surface area (Å²) in [6, 6.07) is 8.98. The van der Waals surface area contributed by atoms with Crippen LogP contribution < -0.4 is 5.32 Å². The average Bonchev–Trinajstić information content (AvgIpc) is 3.34. The second-order valence-corrected chi connectivity index (χ2v) is 9.95. The van der Waals surface area contributed by atoms with Crippen molar-refractivity contribution in [2.75, 3.05) is 26.2 Å². The highest BCUT2D eigenvalue weighted by Crippen LogP contribution is 2.51. The van der Waals surface area contributed by atoms with Crippen molar-refractivity contribution < 1.29 is 24.6 Å². The number of likely N-dealkylation sites (tertiary alicyclic amines) is 1. The molecular formula is C27H31N5O5. The maximum absolute atomic E-state index is 11.1. The van der Waals surface area contributed by atoms with Gasteiger partial charge in [-0.25, -0.2) is 9.78 Å². The topological polar surface area (TPSA) is 137 Å². The lowest BCUT2D eigenvalue weighted by Crippen LogP contribution is -2.31. The molecule has 1 saturated heterocycles. The zero-order chi connectivity index (χ0) is 26.1. The predicted molar refractivity (Wildman–Crippen MR) is 134 cm³/mol. The van der Waals surface area contributed by atoms with Crippen LogP contribution in [0.15, 0.2) is 47.2 Å². The molecule has 37 heavy (non-hydrogen) atoms. The fraction of sp³-hybridized carbons (Fsp3) is 0.444. The normalized spacial score (nSPS) is 23.0. The van der Waals surface area contributed by atoms with Gasteiger partial charge >= 0.3 is 6.09 Å². The van der Waals surface area contributed by atoms with Crippen LogP contribution in [0, 0.1) is 29.6 Å². The third-order valence-corrected chi connectivity index (χ3v) is 7.07. The third-order valence-electron chi connectivity index (χ3n) is 7.07. The minimum absolute atomic E-state index is 0.0336. The Kier molecular flexibility index (Phi) is 7.02. The van der Waals surface area contributed by atoms with E-state index in [0.717, 1.165) is 30.8 Å². The van der Waals surface area contributed by atoms with E-state index in [-0.39, 0.29) is 12.6 Å². The van der Waals surface area contributed by atoms with E-state index in [1.54, 1.807) is 30.0 Å². The number of hydrogen-bond donors (Lipinski definition) is 4. The van der Waals surface area contributed by atoms with E-state index in [0.29, 0.717) is 35.0 Å². The Morgan fingerprint density at radius 2 is 1.95 bits per heavy atom. The van der Waals surface area contributed by atoms with Crippen molar-refractivity contribution in [2.45, 2.75) is 32.1 Å². The van der Waals surface area contributed by atoms with Crippen LogP contribution in [-0.4, -0.2) is 73.3 Å². The number of aliphatic hydroxyl groups excluding tert-OH is 2. The smallest absolute Gasteiger partial charge is 0.404 e. The van der Waals surface area contributed by atoms with Gasteiger partial charge in [-0.15, -0.1) is 0 Å². The van der Waals surface area contributed by atoms with Gasteiger partial charge < -0.3 is 34.6 Å². The van der Waals surface area contributed by atoms with E-state index < -0.39 is 18.2 Å². The molecule has 0 bridgehead atoms. The lowest BCUT2D eigenvalue weighted by Gasteiger charge is -2.19. The summed E-state index contributed by atoms with van der Waals surface area (Å²) < 4.78 is 7.28. The summed E-state index contributed by atoms with van der Waals surface area (Å²) in [5.74, 6) is 9.33. The van der Waals surface area contributed by atoms with E-state index in [4.69, 9.17) is 9.63 Å². The standard InChI is InChI=1S/C27H31N5O5/c1-16(33)13-31-14-21-20(22(21)15-31)8-5-18-3-6-19(7-4-18)25-11-23(30-37-25)24(12-29-27(35)36)32-10-9-28-26(32)17(2)34/h3-4,6-7,9-11,16-17,20-22,24,29,33-34H,12-15H2,1-2H3,(H,35,36)/t16?,17-,20-,21+,22-,24+/m0/s1. The molecule has 3 heterocycles. The van der Waals surface area contributed by atoms with Gasteiger partial charge in [0.25, 0.3) is 0 Å². The van der Waals surface area contributed by atoms with Crippen LogP contribution >= 0.6 is 0 Å². The molecule has 1 aliphatic heterocycles. The minimum atomic E-state index is -1.16. The molecule has 6 atom stereocenters. The molecule has 5 rings (SSSR count). The van der Waals surface area contributed by atoms with Gasteiger partial charge in [0.05, 0.1) is 12.1 Å². The summed E-state index contributed by atoms with van der Waals surface area (Å²) >= 11 is 0. The first kappa shape index (κ1) is 25.0. The van der Waals surface area contributed by atoms with Crippen molar-refractivity contribution in [3.8, 4) is 23.2 Å². The van der Waals surface area contributed by atoms with Gasteiger partial charge in [0.2, 0.25) is 0 Å². The summed E-state index contributed by atoms with van der Waals surface area (Å²) in [6.07, 6.45) is 0.950. The van der Waals surface area contributed by atoms with Crippen LogP contribution in [0.4, 0.5) is 4.79 Å². The molecule has 0 spiro atoms. The SMILES string of the molecule is CC(O)CN1C[C@@H]2[C@H](C#Cc3ccc(-c4cc([C@@H](CNC(=O)O)n5ccnc5[C@H](C)O)no4)cc3)[C@@H]2C1. The number of fused-ring (bicyclic) bond motifs is 1. The van der Waals surface area contributed by atoms with Crippen molar-refractivity contribution in [3.05, 3.63) is 59.8 Å². The van der Waals surface area contributed by atoms with Gasteiger partial charge in [-0.2, -0.15) is 0 Å². The lowest BCUT2D eigenvalue weighted by atomic mass is 10.1. The molecule has 2 aliphatic rings. The van der Waals surface area contributed by atoms with Gasteiger partial charge in [-0.1, -0.05) is 17.0 Å². The fourth-order valence-electron chi connectivity index (χ4n) is 5.26. The van der Waals surface area contributed by atoms with Crippen molar-refractivity contribution in [1.82, 2.24) is 24.9 Å². The molecule has 1 aromatic carbocycles. The van der Waals surface area contributed by atoms with Crippen molar-refractivity contribution >= 4 is 6.09 Å². The number of amides is 1. The van der Waals surface area contributed by atoms with Gasteiger partial charge in [0, 0.05) is 61.7 Å². The van der Waals surface area contributed by atoms with Gasteiger partial charge in [-0.3, -0.25) is 0 Å². The Hall–Kier alpha value is -3.65. The monoisotopic (exact) mass is 505 g/mol. The first-order valence-electron chi connectivity index (χ1n) is 12.5. The number of nitrogens with zero attached hydrogens (tertiary/aromatic N) is 4. The predicted octanol–water partition coefficient (Wildman–Crippen LogP) is 2.36. The number of carbonyl (C=O) groups is 1. The molecule has 10 heteroatoms. The Balaban J connectivity index is 1.26. The molecule has 0 radical (unpaired) electrons. The maximum atomic E-state index is 11.1. The molecule has 1 unspecified atom stereocenters.